The lowest BCUT2D eigenvalue weighted by atomic mass is 9.97. The Kier molecular flexibility index (Phi) is 11.4. The molecule has 1 aliphatic rings. The van der Waals surface area contributed by atoms with Gasteiger partial charge in [0.2, 0.25) is 0 Å². The summed E-state index contributed by atoms with van der Waals surface area (Å²) >= 11 is 0. The van der Waals surface area contributed by atoms with Crippen LogP contribution in [0.4, 0.5) is 13.2 Å². The number of carbonyl (C=O) groups excluding carboxylic acids is 1. The van der Waals surface area contributed by atoms with E-state index in [0.29, 0.717) is 51.5 Å². The normalized spacial score (nSPS) is 16.5. The number of rotatable bonds is 6. The Morgan fingerprint density at radius 1 is 1.29 bits per heavy atom. The number of piperidine rings is 1. The number of aliphatic imine (C=N–C) groups is 1. The maximum Gasteiger partial charge on any atom is 0.389 e. The maximum absolute atomic E-state index is 12.1. The monoisotopic (exact) mass is 465 g/mol. The molecule has 0 aliphatic carbocycles. The van der Waals surface area contributed by atoms with Crippen molar-refractivity contribution in [2.24, 2.45) is 10.9 Å². The van der Waals surface area contributed by atoms with Gasteiger partial charge >= 0.3 is 12.1 Å². The molecule has 1 fully saturated rings. The second-order valence-corrected chi connectivity index (χ2v) is 5.56. The summed E-state index contributed by atoms with van der Waals surface area (Å²) in [6, 6.07) is 0. The first-order chi connectivity index (χ1) is 10.9. The number of likely N-dealkylation sites (tertiary alicyclic amines) is 1. The van der Waals surface area contributed by atoms with Gasteiger partial charge in [0.15, 0.2) is 5.96 Å². The Labute approximate surface area is 158 Å². The standard InChI is InChI=1S/C15H26F3N3O2.HI/c1-3-23-13(22)12-6-10-21(11-7-12)14(19-2)20-9-5-4-8-15(16,17)18;/h12H,3-11H2,1-2H3,(H,19,20);1H. The summed E-state index contributed by atoms with van der Waals surface area (Å²) in [6.07, 6.45) is -2.88. The fourth-order valence-corrected chi connectivity index (χ4v) is 2.57. The third kappa shape index (κ3) is 8.93. The minimum atomic E-state index is -4.09. The molecule has 24 heavy (non-hydrogen) atoms. The second-order valence-electron chi connectivity index (χ2n) is 5.56. The molecule has 1 aliphatic heterocycles. The second kappa shape index (κ2) is 11.8. The number of ether oxygens (including phenoxy) is 1. The van der Waals surface area contributed by atoms with Crippen LogP contribution in [0.15, 0.2) is 4.99 Å². The molecule has 0 bridgehead atoms. The lowest BCUT2D eigenvalue weighted by molar-refractivity contribution is -0.149. The minimum Gasteiger partial charge on any atom is -0.466 e. The topological polar surface area (TPSA) is 53.9 Å². The molecule has 0 aromatic carbocycles. The molecule has 0 atom stereocenters. The Morgan fingerprint density at radius 2 is 1.92 bits per heavy atom. The largest absolute Gasteiger partial charge is 0.466 e. The van der Waals surface area contributed by atoms with E-state index in [1.165, 1.54) is 0 Å². The summed E-state index contributed by atoms with van der Waals surface area (Å²) in [7, 11) is 1.65. The summed E-state index contributed by atoms with van der Waals surface area (Å²) < 4.78 is 41.2. The average Bonchev–Trinajstić information content (AvgIpc) is 2.50. The quantitative estimate of drug-likeness (QED) is 0.215. The van der Waals surface area contributed by atoms with Crippen LogP contribution in [0, 0.1) is 5.92 Å². The molecule has 5 nitrogen and oxygen atoms in total. The lowest BCUT2D eigenvalue weighted by Gasteiger charge is -2.33. The molecule has 1 rings (SSSR count). The van der Waals surface area contributed by atoms with Crippen molar-refractivity contribution in [2.75, 3.05) is 33.3 Å². The number of esters is 1. The van der Waals surface area contributed by atoms with Crippen molar-refractivity contribution in [3.8, 4) is 0 Å². The zero-order chi connectivity index (χ0) is 17.3. The van der Waals surface area contributed by atoms with Crippen LogP contribution >= 0.6 is 24.0 Å². The van der Waals surface area contributed by atoms with Gasteiger partial charge in [0.25, 0.3) is 0 Å². The highest BCUT2D eigenvalue weighted by Gasteiger charge is 2.28. The van der Waals surface area contributed by atoms with E-state index in [1.54, 1.807) is 14.0 Å². The van der Waals surface area contributed by atoms with Crippen molar-refractivity contribution < 1.29 is 22.7 Å². The number of unbranched alkanes of at least 4 members (excludes halogenated alkanes) is 1. The van der Waals surface area contributed by atoms with Crippen LogP contribution in [0.2, 0.25) is 0 Å². The van der Waals surface area contributed by atoms with E-state index in [1.807, 2.05) is 4.90 Å². The number of carbonyl (C=O) groups is 1. The van der Waals surface area contributed by atoms with Crippen molar-refractivity contribution in [1.82, 2.24) is 10.2 Å². The van der Waals surface area contributed by atoms with Gasteiger partial charge in [-0.05, 0) is 32.6 Å². The lowest BCUT2D eigenvalue weighted by Crippen LogP contribution is -2.46. The molecular weight excluding hydrogens is 438 g/mol. The van der Waals surface area contributed by atoms with Gasteiger partial charge < -0.3 is 15.0 Å². The zero-order valence-electron chi connectivity index (χ0n) is 14.2. The predicted molar refractivity (Wildman–Crippen MR) is 97.6 cm³/mol. The summed E-state index contributed by atoms with van der Waals surface area (Å²) in [5.41, 5.74) is 0. The first-order valence-corrected chi connectivity index (χ1v) is 8.06. The Morgan fingerprint density at radius 3 is 2.42 bits per heavy atom. The molecule has 0 radical (unpaired) electrons. The van der Waals surface area contributed by atoms with E-state index in [0.717, 1.165) is 0 Å². The van der Waals surface area contributed by atoms with Crippen LogP contribution in [0.1, 0.15) is 39.0 Å². The van der Waals surface area contributed by atoms with Crippen LogP contribution < -0.4 is 5.32 Å². The van der Waals surface area contributed by atoms with Gasteiger partial charge in [-0.15, -0.1) is 24.0 Å². The van der Waals surface area contributed by atoms with E-state index in [-0.39, 0.29) is 42.3 Å². The Hall–Kier alpha value is -0.740. The van der Waals surface area contributed by atoms with Crippen LogP contribution in [-0.4, -0.2) is 56.3 Å². The van der Waals surface area contributed by atoms with Crippen molar-refractivity contribution >= 4 is 35.9 Å². The van der Waals surface area contributed by atoms with Crippen LogP contribution in [0.25, 0.3) is 0 Å². The molecule has 0 saturated carbocycles. The molecular formula is C15H27F3IN3O2. The van der Waals surface area contributed by atoms with Gasteiger partial charge in [-0.25, -0.2) is 0 Å². The molecule has 0 amide bonds. The highest BCUT2D eigenvalue weighted by atomic mass is 127. The number of guanidine groups is 1. The summed E-state index contributed by atoms with van der Waals surface area (Å²) in [4.78, 5) is 17.9. The number of nitrogens with one attached hydrogen (secondary N) is 1. The van der Waals surface area contributed by atoms with Crippen LogP contribution in [0.5, 0.6) is 0 Å². The molecule has 1 heterocycles. The summed E-state index contributed by atoms with van der Waals surface area (Å²) in [5, 5.41) is 3.09. The smallest absolute Gasteiger partial charge is 0.389 e. The van der Waals surface area contributed by atoms with Crippen molar-refractivity contribution in [1.29, 1.82) is 0 Å². The number of hydrogen-bond donors (Lipinski definition) is 1. The van der Waals surface area contributed by atoms with E-state index < -0.39 is 12.6 Å². The SMILES string of the molecule is CCOC(=O)C1CCN(C(=NC)NCCCCC(F)(F)F)CC1.I. The minimum absolute atomic E-state index is 0. The van der Waals surface area contributed by atoms with Crippen LogP contribution in [0.3, 0.4) is 0 Å². The fraction of sp³-hybridized carbons (Fsp3) is 0.867. The third-order valence-electron chi connectivity index (χ3n) is 3.80. The van der Waals surface area contributed by atoms with E-state index in [4.69, 9.17) is 4.74 Å². The Balaban J connectivity index is 0.00000529. The van der Waals surface area contributed by atoms with Crippen molar-refractivity contribution in [3.05, 3.63) is 0 Å². The van der Waals surface area contributed by atoms with Crippen molar-refractivity contribution in [3.63, 3.8) is 0 Å². The molecule has 142 valence electrons. The number of alkyl halides is 3. The fourth-order valence-electron chi connectivity index (χ4n) is 2.57. The molecule has 0 aromatic heterocycles. The van der Waals surface area contributed by atoms with E-state index >= 15 is 0 Å². The summed E-state index contributed by atoms with van der Waals surface area (Å²) in [5.74, 6) is 0.456. The van der Waals surface area contributed by atoms with E-state index in [2.05, 4.69) is 10.3 Å². The highest BCUT2D eigenvalue weighted by molar-refractivity contribution is 14.0. The molecule has 1 saturated heterocycles. The van der Waals surface area contributed by atoms with Gasteiger partial charge in [-0.1, -0.05) is 0 Å². The summed E-state index contributed by atoms with van der Waals surface area (Å²) in [6.45, 7) is 4.01. The molecule has 1 N–H and O–H groups in total. The Bertz CT molecular complexity index is 398. The molecule has 0 spiro atoms. The average molecular weight is 465 g/mol. The number of halogens is 4. The van der Waals surface area contributed by atoms with E-state index in [9.17, 15) is 18.0 Å². The molecule has 0 unspecified atom stereocenters. The maximum atomic E-state index is 12.1. The molecule has 9 heteroatoms. The highest BCUT2D eigenvalue weighted by Crippen LogP contribution is 2.22. The first-order valence-electron chi connectivity index (χ1n) is 8.06. The third-order valence-corrected chi connectivity index (χ3v) is 3.80. The van der Waals surface area contributed by atoms with Gasteiger partial charge in [0.05, 0.1) is 12.5 Å². The first kappa shape index (κ1) is 23.3. The van der Waals surface area contributed by atoms with Gasteiger partial charge in [-0.3, -0.25) is 9.79 Å². The van der Waals surface area contributed by atoms with Gasteiger partial charge in [-0.2, -0.15) is 13.2 Å². The van der Waals surface area contributed by atoms with Gasteiger partial charge in [0, 0.05) is 33.1 Å². The predicted octanol–water partition coefficient (Wildman–Crippen LogP) is 3.19. The zero-order valence-corrected chi connectivity index (χ0v) is 16.5. The van der Waals surface area contributed by atoms with Crippen LogP contribution in [-0.2, 0) is 9.53 Å². The number of nitrogens with zero attached hydrogens (tertiary/aromatic N) is 2. The number of hydrogen-bond acceptors (Lipinski definition) is 3. The van der Waals surface area contributed by atoms with Crippen molar-refractivity contribution in [2.45, 2.75) is 45.2 Å². The molecule has 0 aromatic rings. The van der Waals surface area contributed by atoms with Gasteiger partial charge in [0.1, 0.15) is 0 Å².